The number of hydrogen-bond donors (Lipinski definition) is 1. The van der Waals surface area contributed by atoms with E-state index in [1.165, 1.54) is 14.0 Å². The van der Waals surface area contributed by atoms with Gasteiger partial charge < -0.3 is 19.5 Å². The smallest absolute Gasteiger partial charge is 0.408 e. The molecule has 2 atom stereocenters. The minimum Gasteiger partial charge on any atom is -0.469 e. The van der Waals surface area contributed by atoms with Crippen LogP contribution in [0.3, 0.4) is 0 Å². The van der Waals surface area contributed by atoms with E-state index in [1.807, 2.05) is 18.2 Å². The Morgan fingerprint density at radius 1 is 1.05 bits per heavy atom. The van der Waals surface area contributed by atoms with Gasteiger partial charge >= 0.3 is 18.0 Å². The van der Waals surface area contributed by atoms with E-state index in [4.69, 9.17) is 4.74 Å². The summed E-state index contributed by atoms with van der Waals surface area (Å²) in [5.74, 6) is -2.30. The van der Waals surface area contributed by atoms with Gasteiger partial charge in [-0.25, -0.2) is 9.59 Å². The molecule has 0 unspecified atom stereocenters. The van der Waals surface area contributed by atoms with E-state index in [2.05, 4.69) is 14.8 Å². The average Bonchev–Trinajstić information content (AvgIpc) is 2.56. The quantitative estimate of drug-likeness (QED) is 0.628. The number of rotatable bonds is 6. The number of carbonyl (C=O) groups is 3. The van der Waals surface area contributed by atoms with Crippen LogP contribution in [-0.4, -0.2) is 38.3 Å². The third-order valence-corrected chi connectivity index (χ3v) is 3.01. The Kier molecular flexibility index (Phi) is 6.88. The van der Waals surface area contributed by atoms with Crippen LogP contribution in [-0.2, 0) is 30.4 Å². The second-order valence-corrected chi connectivity index (χ2v) is 4.52. The molecule has 0 saturated heterocycles. The van der Waals surface area contributed by atoms with Gasteiger partial charge in [-0.3, -0.25) is 4.79 Å². The molecule has 1 N–H and O–H groups in total. The van der Waals surface area contributed by atoms with E-state index in [0.717, 1.165) is 12.7 Å². The minimum absolute atomic E-state index is 0.0488. The van der Waals surface area contributed by atoms with Crippen molar-refractivity contribution in [3.63, 3.8) is 0 Å². The molecule has 0 aromatic heterocycles. The molecule has 7 heteroatoms. The number of alkyl carbamates (subject to hydrolysis) is 1. The van der Waals surface area contributed by atoms with Crippen molar-refractivity contribution in [2.75, 3.05) is 14.2 Å². The van der Waals surface area contributed by atoms with Crippen LogP contribution in [0.2, 0.25) is 0 Å². The summed E-state index contributed by atoms with van der Waals surface area (Å²) in [5, 5.41) is 2.32. The lowest BCUT2D eigenvalue weighted by molar-refractivity contribution is -0.153. The first-order valence-corrected chi connectivity index (χ1v) is 6.62. The van der Waals surface area contributed by atoms with Crippen LogP contribution in [0.15, 0.2) is 30.3 Å². The highest BCUT2D eigenvalue weighted by Crippen LogP contribution is 2.08. The lowest BCUT2D eigenvalue weighted by atomic mass is 10.0. The first kappa shape index (κ1) is 17.5. The third-order valence-electron chi connectivity index (χ3n) is 3.01. The Balaban J connectivity index is 2.63. The van der Waals surface area contributed by atoms with Gasteiger partial charge in [-0.1, -0.05) is 30.3 Å². The predicted octanol–water partition coefficient (Wildman–Crippen LogP) is 1.26. The molecule has 1 amide bonds. The molecule has 0 spiro atoms. The second-order valence-electron chi connectivity index (χ2n) is 4.52. The molecular formula is C15H19NO6. The van der Waals surface area contributed by atoms with Crippen LogP contribution in [0.25, 0.3) is 0 Å². The molecule has 22 heavy (non-hydrogen) atoms. The van der Waals surface area contributed by atoms with Gasteiger partial charge in [-0.15, -0.1) is 0 Å². The number of carbonyl (C=O) groups excluding carboxylic acids is 3. The van der Waals surface area contributed by atoms with Crippen LogP contribution < -0.4 is 5.32 Å². The maximum atomic E-state index is 11.8. The monoisotopic (exact) mass is 309 g/mol. The normalized spacial score (nSPS) is 12.7. The minimum atomic E-state index is -1.18. The maximum absolute atomic E-state index is 11.8. The zero-order valence-corrected chi connectivity index (χ0v) is 12.7. The third kappa shape index (κ3) is 5.08. The summed E-state index contributed by atoms with van der Waals surface area (Å²) < 4.78 is 14.1. The molecule has 120 valence electrons. The van der Waals surface area contributed by atoms with E-state index in [0.29, 0.717) is 0 Å². The highest BCUT2D eigenvalue weighted by molar-refractivity contribution is 5.87. The number of benzene rings is 1. The molecule has 0 bridgehead atoms. The number of methoxy groups -OCH3 is 2. The van der Waals surface area contributed by atoms with Crippen molar-refractivity contribution in [1.29, 1.82) is 0 Å². The fraction of sp³-hybridized carbons (Fsp3) is 0.400. The van der Waals surface area contributed by atoms with Crippen molar-refractivity contribution in [1.82, 2.24) is 5.32 Å². The van der Waals surface area contributed by atoms with Crippen LogP contribution in [0.4, 0.5) is 4.79 Å². The molecule has 1 aromatic carbocycles. The van der Waals surface area contributed by atoms with Crippen LogP contribution >= 0.6 is 0 Å². The topological polar surface area (TPSA) is 90.9 Å². The van der Waals surface area contributed by atoms with Crippen molar-refractivity contribution >= 4 is 18.0 Å². The molecule has 0 aliphatic heterocycles. The van der Waals surface area contributed by atoms with Crippen molar-refractivity contribution in [3.05, 3.63) is 35.9 Å². The van der Waals surface area contributed by atoms with Gasteiger partial charge in [0.05, 0.1) is 20.1 Å². The molecule has 0 heterocycles. The van der Waals surface area contributed by atoms with E-state index >= 15 is 0 Å². The zero-order valence-electron chi connectivity index (χ0n) is 12.7. The summed E-state index contributed by atoms with van der Waals surface area (Å²) in [6.07, 6.45) is -0.824. The number of nitrogens with one attached hydrogen (secondary N) is 1. The van der Waals surface area contributed by atoms with Gasteiger partial charge in [-0.2, -0.15) is 0 Å². The number of hydrogen-bond acceptors (Lipinski definition) is 6. The SMILES string of the molecule is COC(=O)[C@@H](NC(=O)OCc1ccccc1)[C@@H](C)C(=O)OC. The van der Waals surface area contributed by atoms with Crippen molar-refractivity contribution in [2.45, 2.75) is 19.6 Å². The fourth-order valence-electron chi connectivity index (χ4n) is 1.73. The summed E-state index contributed by atoms with van der Waals surface area (Å²) in [6.45, 7) is 1.50. The van der Waals surface area contributed by atoms with Crippen molar-refractivity contribution in [3.8, 4) is 0 Å². The van der Waals surface area contributed by atoms with Crippen molar-refractivity contribution in [2.24, 2.45) is 5.92 Å². The molecule has 0 saturated carbocycles. The van der Waals surface area contributed by atoms with Gasteiger partial charge in [0.1, 0.15) is 12.6 Å². The fourth-order valence-corrected chi connectivity index (χ4v) is 1.73. The maximum Gasteiger partial charge on any atom is 0.408 e. The van der Waals surface area contributed by atoms with E-state index in [-0.39, 0.29) is 6.61 Å². The van der Waals surface area contributed by atoms with E-state index < -0.39 is 30.0 Å². The Hall–Kier alpha value is -2.57. The Morgan fingerprint density at radius 2 is 1.64 bits per heavy atom. The molecule has 0 fully saturated rings. The summed E-state index contributed by atoms with van der Waals surface area (Å²) in [6, 6.07) is 7.88. The van der Waals surface area contributed by atoms with E-state index in [9.17, 15) is 14.4 Å². The highest BCUT2D eigenvalue weighted by atomic mass is 16.6. The standard InChI is InChI=1S/C15H19NO6/c1-10(13(17)20-2)12(14(18)21-3)16-15(19)22-9-11-7-5-4-6-8-11/h4-8,10,12H,9H2,1-3H3,(H,16,19)/t10-,12+/m1/s1. The van der Waals surface area contributed by atoms with Crippen LogP contribution in [0, 0.1) is 5.92 Å². The van der Waals surface area contributed by atoms with Gasteiger partial charge in [-0.05, 0) is 12.5 Å². The van der Waals surface area contributed by atoms with Gasteiger partial charge in [0, 0.05) is 0 Å². The summed E-state index contributed by atoms with van der Waals surface area (Å²) in [5.41, 5.74) is 0.799. The summed E-state index contributed by atoms with van der Waals surface area (Å²) >= 11 is 0. The van der Waals surface area contributed by atoms with Crippen LogP contribution in [0.5, 0.6) is 0 Å². The molecule has 1 aromatic rings. The van der Waals surface area contributed by atoms with Gasteiger partial charge in [0.15, 0.2) is 0 Å². The highest BCUT2D eigenvalue weighted by Gasteiger charge is 2.33. The van der Waals surface area contributed by atoms with Gasteiger partial charge in [0.25, 0.3) is 0 Å². The zero-order chi connectivity index (χ0) is 16.5. The molecule has 0 aliphatic carbocycles. The number of amides is 1. The van der Waals surface area contributed by atoms with E-state index in [1.54, 1.807) is 12.1 Å². The largest absolute Gasteiger partial charge is 0.469 e. The molecule has 1 rings (SSSR count). The summed E-state index contributed by atoms with van der Waals surface area (Å²) in [4.78, 5) is 35.0. The number of esters is 2. The predicted molar refractivity (Wildman–Crippen MR) is 76.7 cm³/mol. The average molecular weight is 309 g/mol. The molecule has 0 aliphatic rings. The number of ether oxygens (including phenoxy) is 3. The second kappa shape index (κ2) is 8.66. The first-order valence-electron chi connectivity index (χ1n) is 6.62. The summed E-state index contributed by atoms with van der Waals surface area (Å²) in [7, 11) is 2.36. The Labute approximate surface area is 128 Å². The van der Waals surface area contributed by atoms with Crippen molar-refractivity contribution < 1.29 is 28.6 Å². The van der Waals surface area contributed by atoms with Gasteiger partial charge in [0.2, 0.25) is 0 Å². The lowest BCUT2D eigenvalue weighted by Crippen LogP contribution is -2.48. The Bertz CT molecular complexity index is 516. The van der Waals surface area contributed by atoms with Crippen LogP contribution in [0.1, 0.15) is 12.5 Å². The molecular weight excluding hydrogens is 290 g/mol. The molecule has 7 nitrogen and oxygen atoms in total. The first-order chi connectivity index (χ1) is 10.5. The molecule has 0 radical (unpaired) electrons. The Morgan fingerprint density at radius 3 is 2.18 bits per heavy atom. The lowest BCUT2D eigenvalue weighted by Gasteiger charge is -2.20.